The summed E-state index contributed by atoms with van der Waals surface area (Å²) in [6, 6.07) is 5.45. The van der Waals surface area contributed by atoms with Crippen molar-refractivity contribution in [1.29, 1.82) is 0 Å². The summed E-state index contributed by atoms with van der Waals surface area (Å²) in [5.74, 6) is -0.0981. The van der Waals surface area contributed by atoms with Crippen LogP contribution in [0.1, 0.15) is 75.2 Å². The van der Waals surface area contributed by atoms with Crippen molar-refractivity contribution in [1.82, 2.24) is 20.4 Å². The molecule has 1 aromatic heterocycles. The molecule has 0 bridgehead atoms. The van der Waals surface area contributed by atoms with E-state index in [1.807, 2.05) is 59.7 Å². The third-order valence-electron chi connectivity index (χ3n) is 4.76. The standard InChI is InChI=1S/C22H29BrN4O4/c1-21(2,3)19-25-17(26-31-19)18(28)24-16-12-27(20(29)30-22(4,5)6)10-9-13-11-14(23)7-8-15(13)16/h7-8,11,16H,9-10,12H2,1-6H3,(H,24,28). The number of carbonyl (C=O) groups excluding carboxylic acids is 2. The number of fused-ring (bicyclic) bond motifs is 1. The molecule has 1 atom stereocenters. The highest BCUT2D eigenvalue weighted by atomic mass is 79.9. The highest BCUT2D eigenvalue weighted by molar-refractivity contribution is 9.10. The van der Waals surface area contributed by atoms with Crippen molar-refractivity contribution in [3.63, 3.8) is 0 Å². The number of halogens is 1. The highest BCUT2D eigenvalue weighted by Gasteiger charge is 2.31. The van der Waals surface area contributed by atoms with E-state index >= 15 is 0 Å². The van der Waals surface area contributed by atoms with Crippen LogP contribution in [0.3, 0.4) is 0 Å². The van der Waals surface area contributed by atoms with E-state index in [-0.39, 0.29) is 17.8 Å². The maximum absolute atomic E-state index is 12.9. The summed E-state index contributed by atoms with van der Waals surface area (Å²) in [5, 5.41) is 6.81. The molecule has 1 aliphatic heterocycles. The van der Waals surface area contributed by atoms with Gasteiger partial charge in [-0.05, 0) is 50.5 Å². The predicted octanol–water partition coefficient (Wildman–Crippen LogP) is 4.39. The van der Waals surface area contributed by atoms with Crippen molar-refractivity contribution in [3.05, 3.63) is 45.5 Å². The Morgan fingerprint density at radius 2 is 1.94 bits per heavy atom. The average Bonchev–Trinajstić information content (AvgIpc) is 3.07. The molecule has 1 N–H and O–H groups in total. The van der Waals surface area contributed by atoms with Crippen LogP contribution in [0.2, 0.25) is 0 Å². The molecule has 0 aliphatic carbocycles. The molecule has 0 spiro atoms. The number of benzene rings is 1. The second-order valence-electron chi connectivity index (χ2n) is 9.72. The van der Waals surface area contributed by atoms with Crippen LogP contribution in [-0.2, 0) is 16.6 Å². The fourth-order valence-corrected chi connectivity index (χ4v) is 3.66. The number of nitrogens with one attached hydrogen (secondary N) is 1. The Morgan fingerprint density at radius 1 is 1.23 bits per heavy atom. The molecule has 168 valence electrons. The van der Waals surface area contributed by atoms with Crippen LogP contribution in [0, 0.1) is 0 Å². The lowest BCUT2D eigenvalue weighted by Gasteiger charge is -2.28. The van der Waals surface area contributed by atoms with Gasteiger partial charge in [-0.3, -0.25) is 4.79 Å². The molecule has 0 saturated heterocycles. The maximum atomic E-state index is 12.9. The summed E-state index contributed by atoms with van der Waals surface area (Å²) in [6.45, 7) is 12.0. The van der Waals surface area contributed by atoms with Crippen LogP contribution in [0.5, 0.6) is 0 Å². The first-order valence-electron chi connectivity index (χ1n) is 10.2. The van der Waals surface area contributed by atoms with Gasteiger partial charge in [0.2, 0.25) is 5.89 Å². The van der Waals surface area contributed by atoms with Crippen LogP contribution in [-0.4, -0.2) is 45.7 Å². The first-order chi connectivity index (χ1) is 14.3. The Balaban J connectivity index is 1.86. The largest absolute Gasteiger partial charge is 0.444 e. The summed E-state index contributed by atoms with van der Waals surface area (Å²) in [6.07, 6.45) is 0.240. The van der Waals surface area contributed by atoms with Crippen LogP contribution in [0.25, 0.3) is 0 Å². The van der Waals surface area contributed by atoms with Gasteiger partial charge in [0.15, 0.2) is 0 Å². The van der Waals surface area contributed by atoms with Crippen molar-refractivity contribution in [2.75, 3.05) is 13.1 Å². The molecule has 2 heterocycles. The molecule has 1 unspecified atom stereocenters. The van der Waals surface area contributed by atoms with Gasteiger partial charge in [0.25, 0.3) is 11.7 Å². The second-order valence-corrected chi connectivity index (χ2v) is 10.6. The number of amides is 2. The number of ether oxygens (including phenoxy) is 1. The lowest BCUT2D eigenvalue weighted by atomic mass is 9.97. The summed E-state index contributed by atoms with van der Waals surface area (Å²) >= 11 is 3.50. The molecule has 1 aromatic carbocycles. The SMILES string of the molecule is CC(C)(C)OC(=O)N1CCc2cc(Br)ccc2C(NC(=O)c2noc(C(C)(C)C)n2)C1. The van der Waals surface area contributed by atoms with Gasteiger partial charge in [-0.15, -0.1) is 0 Å². The molecule has 8 nitrogen and oxygen atoms in total. The number of rotatable bonds is 2. The van der Waals surface area contributed by atoms with Crippen LogP contribution < -0.4 is 5.32 Å². The smallest absolute Gasteiger partial charge is 0.410 e. The fourth-order valence-electron chi connectivity index (χ4n) is 3.26. The highest BCUT2D eigenvalue weighted by Crippen LogP contribution is 2.28. The zero-order chi connectivity index (χ0) is 23.0. The zero-order valence-corrected chi connectivity index (χ0v) is 20.4. The van der Waals surface area contributed by atoms with Crippen molar-refractivity contribution in [2.45, 2.75) is 65.0 Å². The zero-order valence-electron chi connectivity index (χ0n) is 18.8. The number of aromatic nitrogens is 2. The summed E-state index contributed by atoms with van der Waals surface area (Å²) in [7, 11) is 0. The van der Waals surface area contributed by atoms with Crippen LogP contribution in [0.15, 0.2) is 27.2 Å². The molecule has 9 heteroatoms. The molecular weight excluding hydrogens is 464 g/mol. The predicted molar refractivity (Wildman–Crippen MR) is 119 cm³/mol. The topological polar surface area (TPSA) is 97.6 Å². The number of carbonyl (C=O) groups is 2. The van der Waals surface area contributed by atoms with Gasteiger partial charge in [0, 0.05) is 23.0 Å². The van der Waals surface area contributed by atoms with E-state index in [4.69, 9.17) is 9.26 Å². The van der Waals surface area contributed by atoms with E-state index in [1.165, 1.54) is 0 Å². The average molecular weight is 493 g/mol. The van der Waals surface area contributed by atoms with Gasteiger partial charge in [-0.25, -0.2) is 4.79 Å². The third kappa shape index (κ3) is 5.84. The van der Waals surface area contributed by atoms with Crippen molar-refractivity contribution >= 4 is 27.9 Å². The monoisotopic (exact) mass is 492 g/mol. The molecule has 0 saturated carbocycles. The Bertz CT molecular complexity index is 975. The molecule has 0 fully saturated rings. The van der Waals surface area contributed by atoms with E-state index in [0.29, 0.717) is 18.9 Å². The van der Waals surface area contributed by atoms with Gasteiger partial charge in [0.05, 0.1) is 6.04 Å². The van der Waals surface area contributed by atoms with E-state index in [0.717, 1.165) is 15.6 Å². The Kier molecular flexibility index (Phi) is 6.45. The van der Waals surface area contributed by atoms with E-state index in [2.05, 4.69) is 31.4 Å². The Hall–Kier alpha value is -2.42. The van der Waals surface area contributed by atoms with Gasteiger partial charge in [-0.1, -0.05) is 47.9 Å². The number of hydrogen-bond acceptors (Lipinski definition) is 6. The quantitative estimate of drug-likeness (QED) is 0.667. The van der Waals surface area contributed by atoms with Gasteiger partial charge in [-0.2, -0.15) is 4.98 Å². The number of hydrogen-bond donors (Lipinski definition) is 1. The summed E-state index contributed by atoms with van der Waals surface area (Å²) < 4.78 is 11.8. The summed E-state index contributed by atoms with van der Waals surface area (Å²) in [5.41, 5.74) is 1.03. The van der Waals surface area contributed by atoms with Crippen LogP contribution >= 0.6 is 15.9 Å². The van der Waals surface area contributed by atoms with E-state index < -0.39 is 23.6 Å². The van der Waals surface area contributed by atoms with Crippen molar-refractivity contribution in [3.8, 4) is 0 Å². The lowest BCUT2D eigenvalue weighted by molar-refractivity contribution is 0.0238. The molecule has 2 amide bonds. The fraction of sp³-hybridized carbons (Fsp3) is 0.545. The van der Waals surface area contributed by atoms with Gasteiger partial charge in [0.1, 0.15) is 5.60 Å². The first-order valence-corrected chi connectivity index (χ1v) is 11.0. The van der Waals surface area contributed by atoms with Crippen molar-refractivity contribution in [2.24, 2.45) is 0 Å². The Labute approximate surface area is 190 Å². The minimum absolute atomic E-state index is 0.0309. The molecule has 31 heavy (non-hydrogen) atoms. The Morgan fingerprint density at radius 3 is 2.55 bits per heavy atom. The number of nitrogens with zero attached hydrogens (tertiary/aromatic N) is 3. The molecule has 3 rings (SSSR count). The minimum Gasteiger partial charge on any atom is -0.444 e. The van der Waals surface area contributed by atoms with E-state index in [1.54, 1.807) is 4.90 Å². The summed E-state index contributed by atoms with van der Waals surface area (Å²) in [4.78, 5) is 31.5. The molecule has 2 aromatic rings. The van der Waals surface area contributed by atoms with Gasteiger partial charge >= 0.3 is 6.09 Å². The van der Waals surface area contributed by atoms with Crippen LogP contribution in [0.4, 0.5) is 4.79 Å². The van der Waals surface area contributed by atoms with Gasteiger partial charge < -0.3 is 19.5 Å². The minimum atomic E-state index is -0.605. The van der Waals surface area contributed by atoms with Crippen molar-refractivity contribution < 1.29 is 18.8 Å². The maximum Gasteiger partial charge on any atom is 0.410 e. The molecular formula is C22H29BrN4O4. The molecule has 0 radical (unpaired) electrons. The lowest BCUT2D eigenvalue weighted by Crippen LogP contribution is -2.42. The second kappa shape index (κ2) is 8.61. The normalized spacial score (nSPS) is 17.0. The first kappa shape index (κ1) is 23.2. The third-order valence-corrected chi connectivity index (χ3v) is 5.26. The van der Waals surface area contributed by atoms with E-state index in [9.17, 15) is 9.59 Å². The molecule has 1 aliphatic rings.